The third kappa shape index (κ3) is 4.11. The van der Waals surface area contributed by atoms with Crippen molar-refractivity contribution < 1.29 is 4.42 Å². The largest absolute Gasteiger partial charge is 0.456 e. The fraction of sp³-hybridized carbons (Fsp3) is 0.0204. The zero-order valence-corrected chi connectivity index (χ0v) is 29.0. The number of thiophene rings is 1. The Kier molecular flexibility index (Phi) is 6.37. The summed E-state index contributed by atoms with van der Waals surface area (Å²) in [5.41, 5.74) is 12.5. The molecule has 52 heavy (non-hydrogen) atoms. The molecule has 1 aliphatic carbocycles. The van der Waals surface area contributed by atoms with E-state index in [-0.39, 0.29) is 0 Å². The molecule has 0 spiro atoms. The van der Waals surface area contributed by atoms with Crippen molar-refractivity contribution in [2.24, 2.45) is 0 Å². The Bertz CT molecular complexity index is 2930. The van der Waals surface area contributed by atoms with Crippen LogP contribution in [0.4, 0.5) is 17.1 Å². The van der Waals surface area contributed by atoms with Gasteiger partial charge in [-0.25, -0.2) is 0 Å². The molecule has 0 bridgehead atoms. The van der Waals surface area contributed by atoms with Gasteiger partial charge in [0, 0.05) is 54.1 Å². The molecule has 1 aliphatic rings. The summed E-state index contributed by atoms with van der Waals surface area (Å²) in [4.78, 5) is 2.34. The van der Waals surface area contributed by atoms with Crippen molar-refractivity contribution >= 4 is 70.5 Å². The smallest absolute Gasteiger partial charge is 0.137 e. The normalized spacial score (nSPS) is 13.2. The summed E-state index contributed by atoms with van der Waals surface area (Å²) in [5, 5.41) is 4.86. The number of hydrogen-bond acceptors (Lipinski definition) is 3. The molecule has 8 aromatic carbocycles. The van der Waals surface area contributed by atoms with Crippen molar-refractivity contribution in [1.82, 2.24) is 0 Å². The van der Waals surface area contributed by atoms with Gasteiger partial charge in [-0.15, -0.1) is 11.3 Å². The quantitative estimate of drug-likeness (QED) is 0.180. The number of anilines is 3. The highest BCUT2D eigenvalue weighted by molar-refractivity contribution is 7.25. The summed E-state index contributed by atoms with van der Waals surface area (Å²) in [6.07, 6.45) is 0. The van der Waals surface area contributed by atoms with Crippen LogP contribution >= 0.6 is 11.3 Å². The van der Waals surface area contributed by atoms with Crippen LogP contribution in [0.25, 0.3) is 53.2 Å². The summed E-state index contributed by atoms with van der Waals surface area (Å²) in [5.74, 6) is 0. The SMILES string of the molecule is c1ccc(N(c2ccc3c(c2)oc2ccccc23)c2ccc3c(c2)sc2cccc(C4(c5ccccc5)c5ccccc5-c5ccccc54)c23)cc1. The minimum Gasteiger partial charge on any atom is -0.456 e. The summed E-state index contributed by atoms with van der Waals surface area (Å²) >= 11 is 1.87. The fourth-order valence-electron chi connectivity index (χ4n) is 8.82. The van der Waals surface area contributed by atoms with Crippen molar-refractivity contribution in [3.05, 3.63) is 210 Å². The molecule has 0 unspecified atom stereocenters. The van der Waals surface area contributed by atoms with Gasteiger partial charge in [-0.3, -0.25) is 0 Å². The van der Waals surface area contributed by atoms with Gasteiger partial charge in [-0.2, -0.15) is 0 Å². The molecule has 11 rings (SSSR count). The van der Waals surface area contributed by atoms with Crippen LogP contribution in [0.5, 0.6) is 0 Å². The lowest BCUT2D eigenvalue weighted by Crippen LogP contribution is -2.28. The number of benzene rings is 8. The Morgan fingerprint density at radius 2 is 1.00 bits per heavy atom. The Hall–Kier alpha value is -6.42. The number of para-hydroxylation sites is 2. The molecule has 0 fully saturated rings. The highest BCUT2D eigenvalue weighted by Gasteiger charge is 2.46. The Morgan fingerprint density at radius 1 is 0.404 bits per heavy atom. The Labute approximate surface area is 305 Å². The van der Waals surface area contributed by atoms with Gasteiger partial charge in [0.15, 0.2) is 0 Å². The van der Waals surface area contributed by atoms with Crippen LogP contribution in [0, 0.1) is 0 Å². The van der Waals surface area contributed by atoms with E-state index in [9.17, 15) is 0 Å². The molecule has 0 saturated heterocycles. The fourth-order valence-corrected chi connectivity index (χ4v) is 9.99. The van der Waals surface area contributed by atoms with E-state index in [4.69, 9.17) is 4.42 Å². The zero-order chi connectivity index (χ0) is 34.2. The average Bonchev–Trinajstić information content (AvgIpc) is 3.87. The second-order valence-corrected chi connectivity index (χ2v) is 14.7. The summed E-state index contributed by atoms with van der Waals surface area (Å²) in [7, 11) is 0. The van der Waals surface area contributed by atoms with Crippen LogP contribution in [-0.4, -0.2) is 0 Å². The zero-order valence-electron chi connectivity index (χ0n) is 28.2. The molecule has 3 heteroatoms. The average molecular weight is 682 g/mol. The Balaban J connectivity index is 1.15. The van der Waals surface area contributed by atoms with E-state index in [0.29, 0.717) is 0 Å². The van der Waals surface area contributed by atoms with Crippen LogP contribution in [-0.2, 0) is 5.41 Å². The van der Waals surface area contributed by atoms with Crippen LogP contribution in [0.3, 0.4) is 0 Å². The van der Waals surface area contributed by atoms with Crippen LogP contribution in [0.15, 0.2) is 192 Å². The number of nitrogens with zero attached hydrogens (tertiary/aromatic N) is 1. The van der Waals surface area contributed by atoms with Crippen molar-refractivity contribution in [3.63, 3.8) is 0 Å². The van der Waals surface area contributed by atoms with E-state index < -0.39 is 5.41 Å². The van der Waals surface area contributed by atoms with Crippen molar-refractivity contribution in [2.45, 2.75) is 5.41 Å². The molecule has 0 aliphatic heterocycles. The summed E-state index contributed by atoms with van der Waals surface area (Å²) < 4.78 is 8.90. The molecule has 2 heterocycles. The van der Waals surface area contributed by atoms with Crippen LogP contribution in [0.1, 0.15) is 22.3 Å². The van der Waals surface area contributed by atoms with E-state index in [1.165, 1.54) is 53.6 Å². The van der Waals surface area contributed by atoms with E-state index >= 15 is 0 Å². The molecule has 0 saturated carbocycles. The number of furan rings is 1. The van der Waals surface area contributed by atoms with Gasteiger partial charge in [-0.1, -0.05) is 133 Å². The van der Waals surface area contributed by atoms with Crippen LogP contribution in [0.2, 0.25) is 0 Å². The van der Waals surface area contributed by atoms with Gasteiger partial charge in [0.25, 0.3) is 0 Å². The minimum absolute atomic E-state index is 0.460. The van der Waals surface area contributed by atoms with Gasteiger partial charge < -0.3 is 9.32 Å². The molecule has 0 radical (unpaired) electrons. The van der Waals surface area contributed by atoms with E-state index in [2.05, 4.69) is 181 Å². The first kappa shape index (κ1) is 29.3. The second-order valence-electron chi connectivity index (χ2n) is 13.6. The van der Waals surface area contributed by atoms with Gasteiger partial charge in [-0.05, 0) is 81.9 Å². The first-order valence-corrected chi connectivity index (χ1v) is 18.6. The molecule has 244 valence electrons. The lowest BCUT2D eigenvalue weighted by molar-refractivity contribution is 0.669. The highest BCUT2D eigenvalue weighted by atomic mass is 32.1. The lowest BCUT2D eigenvalue weighted by Gasteiger charge is -2.34. The molecule has 0 atom stereocenters. The van der Waals surface area contributed by atoms with E-state index in [1.54, 1.807) is 0 Å². The van der Waals surface area contributed by atoms with Gasteiger partial charge >= 0.3 is 0 Å². The molecule has 0 amide bonds. The van der Waals surface area contributed by atoms with Gasteiger partial charge in [0.1, 0.15) is 11.2 Å². The van der Waals surface area contributed by atoms with Crippen molar-refractivity contribution in [1.29, 1.82) is 0 Å². The summed E-state index contributed by atoms with van der Waals surface area (Å²) in [6.45, 7) is 0. The third-order valence-electron chi connectivity index (χ3n) is 10.9. The molecule has 2 aromatic heterocycles. The number of rotatable bonds is 5. The van der Waals surface area contributed by atoms with Crippen LogP contribution < -0.4 is 4.90 Å². The maximum absolute atomic E-state index is 6.36. The maximum Gasteiger partial charge on any atom is 0.137 e. The molecule has 10 aromatic rings. The second kappa shape index (κ2) is 11.3. The maximum atomic E-state index is 6.36. The first-order valence-electron chi connectivity index (χ1n) is 17.8. The molecular weight excluding hydrogens is 651 g/mol. The first-order chi connectivity index (χ1) is 25.8. The van der Waals surface area contributed by atoms with Gasteiger partial charge in [0.2, 0.25) is 0 Å². The van der Waals surface area contributed by atoms with E-state index in [1.807, 2.05) is 23.5 Å². The number of hydrogen-bond donors (Lipinski definition) is 0. The van der Waals surface area contributed by atoms with Crippen molar-refractivity contribution in [2.75, 3.05) is 4.90 Å². The monoisotopic (exact) mass is 681 g/mol. The molecular formula is C49H31NOS. The summed E-state index contributed by atoms with van der Waals surface area (Å²) in [6, 6.07) is 68.5. The lowest BCUT2D eigenvalue weighted by atomic mass is 9.66. The van der Waals surface area contributed by atoms with Gasteiger partial charge in [0.05, 0.1) is 5.41 Å². The van der Waals surface area contributed by atoms with Crippen molar-refractivity contribution in [3.8, 4) is 11.1 Å². The molecule has 2 nitrogen and oxygen atoms in total. The standard InChI is InChI=1S/C49H31NOS/c1-3-14-32(15-4-1)49(41-21-10-7-18-36(41)37-19-8-11-22-42(37)49)43-23-13-25-46-48(43)40-29-27-35(31-47(40)52-46)50(33-16-5-2-6-17-33)34-26-28-39-38-20-9-12-24-44(38)51-45(39)30-34/h1-31H. The highest BCUT2D eigenvalue weighted by Crippen LogP contribution is 2.58. The third-order valence-corrected chi connectivity index (χ3v) is 12.1. The predicted molar refractivity (Wildman–Crippen MR) is 219 cm³/mol. The number of fused-ring (bicyclic) bond motifs is 9. The minimum atomic E-state index is -0.460. The Morgan fingerprint density at radius 3 is 1.77 bits per heavy atom. The topological polar surface area (TPSA) is 16.4 Å². The van der Waals surface area contributed by atoms with E-state index in [0.717, 1.165) is 39.0 Å². The molecule has 0 N–H and O–H groups in total. The predicted octanol–water partition coefficient (Wildman–Crippen LogP) is 13.8.